The molecular weight excluding hydrogens is 230 g/mol. The van der Waals surface area contributed by atoms with Crippen molar-refractivity contribution < 1.29 is 15.0 Å². The highest BCUT2D eigenvalue weighted by Gasteiger charge is 2.05. The van der Waals surface area contributed by atoms with Gasteiger partial charge in [-0.15, -0.1) is 0 Å². The van der Waals surface area contributed by atoms with Gasteiger partial charge in [-0.3, -0.25) is 4.79 Å². The van der Waals surface area contributed by atoms with Gasteiger partial charge in [0, 0.05) is 12.0 Å². The predicted molar refractivity (Wildman–Crippen MR) is 75.6 cm³/mol. The third-order valence-electron chi connectivity index (χ3n) is 2.40. The molecule has 0 heterocycles. The van der Waals surface area contributed by atoms with Gasteiger partial charge in [0.2, 0.25) is 0 Å². The molecule has 0 aromatic carbocycles. The normalized spacial score (nSPS) is 10.7. The molecule has 110 valence electrons. The number of carbonyl (C=O) groups is 1. The largest absolute Gasteiger partial charge is 0.481 e. The van der Waals surface area contributed by atoms with E-state index in [0.29, 0.717) is 6.42 Å². The van der Waals surface area contributed by atoms with Gasteiger partial charge in [-0.25, -0.2) is 0 Å². The second-order valence-electron chi connectivity index (χ2n) is 5.41. The number of aliphatic hydroxyl groups excluding tert-OH is 1. The zero-order valence-electron chi connectivity index (χ0n) is 12.2. The Morgan fingerprint density at radius 2 is 1.44 bits per heavy atom. The third-order valence-corrected chi connectivity index (χ3v) is 2.40. The minimum Gasteiger partial charge on any atom is -0.481 e. The van der Waals surface area contributed by atoms with Crippen LogP contribution in [0.15, 0.2) is 0 Å². The molecule has 18 heavy (non-hydrogen) atoms. The molecule has 0 unspecified atom stereocenters. The number of hydrogen-bond donors (Lipinski definition) is 3. The van der Waals surface area contributed by atoms with E-state index in [9.17, 15) is 4.79 Å². The molecule has 0 aromatic rings. The Hall–Kier alpha value is -0.610. The van der Waals surface area contributed by atoms with Crippen molar-refractivity contribution in [3.05, 3.63) is 0 Å². The van der Waals surface area contributed by atoms with Crippen molar-refractivity contribution in [1.29, 1.82) is 0 Å². The molecule has 0 atom stereocenters. The fourth-order valence-electron chi connectivity index (χ4n) is 1.23. The lowest BCUT2D eigenvalue weighted by Crippen LogP contribution is -2.35. The number of carboxylic acid groups (broad SMARTS) is 1. The monoisotopic (exact) mass is 261 g/mol. The molecule has 0 fully saturated rings. The molecule has 0 aliphatic carbocycles. The van der Waals surface area contributed by atoms with E-state index in [2.05, 4.69) is 6.92 Å². The topological polar surface area (TPSA) is 83.5 Å². The second kappa shape index (κ2) is 12.8. The molecule has 0 spiro atoms. The number of aliphatic carboxylic acids is 1. The van der Waals surface area contributed by atoms with E-state index in [1.54, 1.807) is 13.8 Å². The van der Waals surface area contributed by atoms with Gasteiger partial charge < -0.3 is 15.9 Å². The van der Waals surface area contributed by atoms with Gasteiger partial charge >= 0.3 is 5.97 Å². The molecule has 0 amide bonds. The zero-order valence-corrected chi connectivity index (χ0v) is 12.2. The van der Waals surface area contributed by atoms with Crippen LogP contribution in [-0.2, 0) is 4.79 Å². The standard InChI is InChI=1S/C10H20O2.C4H11NO/c1-2-3-4-5-6-7-8-9-10(11)12;1-4(2,5)3-6/h2-9H2,1H3,(H,11,12);6H,3,5H2,1-2H3. The smallest absolute Gasteiger partial charge is 0.303 e. The highest BCUT2D eigenvalue weighted by Crippen LogP contribution is 2.07. The minimum absolute atomic E-state index is 0.0486. The van der Waals surface area contributed by atoms with Gasteiger partial charge in [0.05, 0.1) is 6.61 Å². The van der Waals surface area contributed by atoms with Gasteiger partial charge in [0.15, 0.2) is 0 Å². The third kappa shape index (κ3) is 24.6. The Bertz CT molecular complexity index is 188. The Labute approximate surface area is 112 Å². The number of nitrogens with two attached hydrogens (primary N) is 1. The maximum atomic E-state index is 10.1. The fraction of sp³-hybridized carbons (Fsp3) is 0.929. The lowest BCUT2D eigenvalue weighted by atomic mass is 10.1. The van der Waals surface area contributed by atoms with E-state index in [4.69, 9.17) is 15.9 Å². The summed E-state index contributed by atoms with van der Waals surface area (Å²) in [6, 6.07) is 0. The maximum absolute atomic E-state index is 10.1. The SMILES string of the molecule is CC(C)(N)CO.CCCCCCCCCC(=O)O. The number of hydrogen-bond acceptors (Lipinski definition) is 3. The van der Waals surface area contributed by atoms with Crippen LogP contribution in [0, 0.1) is 0 Å². The second-order valence-corrected chi connectivity index (χ2v) is 5.41. The molecule has 0 aliphatic rings. The summed E-state index contributed by atoms with van der Waals surface area (Å²) in [5, 5.41) is 16.6. The maximum Gasteiger partial charge on any atom is 0.303 e. The lowest BCUT2D eigenvalue weighted by Gasteiger charge is -2.12. The van der Waals surface area contributed by atoms with Crippen LogP contribution in [0.25, 0.3) is 0 Å². The van der Waals surface area contributed by atoms with Crippen molar-refractivity contribution in [1.82, 2.24) is 0 Å². The summed E-state index contributed by atoms with van der Waals surface area (Å²) in [5.41, 5.74) is 4.88. The molecule has 0 rings (SSSR count). The van der Waals surface area contributed by atoms with Crippen LogP contribution < -0.4 is 5.73 Å². The first kappa shape index (κ1) is 19.7. The molecule has 0 bridgehead atoms. The van der Waals surface area contributed by atoms with Gasteiger partial charge in [-0.05, 0) is 20.3 Å². The summed E-state index contributed by atoms with van der Waals surface area (Å²) in [6.07, 6.45) is 8.64. The Morgan fingerprint density at radius 3 is 1.78 bits per heavy atom. The van der Waals surface area contributed by atoms with E-state index < -0.39 is 11.5 Å². The number of carboxylic acids is 1. The number of unbranched alkanes of at least 4 members (excludes halogenated alkanes) is 6. The summed E-state index contributed by atoms with van der Waals surface area (Å²) in [4.78, 5) is 10.1. The van der Waals surface area contributed by atoms with Crippen LogP contribution in [-0.4, -0.2) is 28.3 Å². The molecule has 0 aliphatic heterocycles. The van der Waals surface area contributed by atoms with Gasteiger partial charge in [0.1, 0.15) is 0 Å². The first-order valence-corrected chi connectivity index (χ1v) is 6.95. The molecular formula is C14H31NO3. The highest BCUT2D eigenvalue weighted by molar-refractivity contribution is 5.66. The minimum atomic E-state index is -0.663. The van der Waals surface area contributed by atoms with Crippen LogP contribution in [0.5, 0.6) is 0 Å². The van der Waals surface area contributed by atoms with E-state index in [-0.39, 0.29) is 6.61 Å². The van der Waals surface area contributed by atoms with Crippen molar-refractivity contribution in [2.24, 2.45) is 5.73 Å². The molecule has 4 heteroatoms. The quantitative estimate of drug-likeness (QED) is 0.557. The van der Waals surface area contributed by atoms with Gasteiger partial charge in [-0.2, -0.15) is 0 Å². The lowest BCUT2D eigenvalue weighted by molar-refractivity contribution is -0.137. The van der Waals surface area contributed by atoms with Gasteiger partial charge in [0.25, 0.3) is 0 Å². The first-order chi connectivity index (χ1) is 8.33. The summed E-state index contributed by atoms with van der Waals surface area (Å²) < 4.78 is 0. The van der Waals surface area contributed by atoms with Crippen LogP contribution in [0.4, 0.5) is 0 Å². The predicted octanol–water partition coefficient (Wildman–Crippen LogP) is 2.93. The average Bonchev–Trinajstić information content (AvgIpc) is 2.27. The average molecular weight is 261 g/mol. The van der Waals surface area contributed by atoms with Crippen molar-refractivity contribution in [2.75, 3.05) is 6.61 Å². The van der Waals surface area contributed by atoms with E-state index in [0.717, 1.165) is 12.8 Å². The van der Waals surface area contributed by atoms with Crippen molar-refractivity contribution in [2.45, 2.75) is 77.7 Å². The Morgan fingerprint density at radius 1 is 1.06 bits per heavy atom. The molecule has 0 saturated carbocycles. The molecule has 4 N–H and O–H groups in total. The van der Waals surface area contributed by atoms with Gasteiger partial charge in [-0.1, -0.05) is 45.4 Å². The van der Waals surface area contributed by atoms with Crippen LogP contribution in [0.2, 0.25) is 0 Å². The first-order valence-electron chi connectivity index (χ1n) is 6.95. The summed E-state index contributed by atoms with van der Waals surface area (Å²) in [7, 11) is 0. The van der Waals surface area contributed by atoms with E-state index >= 15 is 0 Å². The molecule has 0 aromatic heterocycles. The fourth-order valence-corrected chi connectivity index (χ4v) is 1.23. The molecule has 0 saturated heterocycles. The molecule has 4 nitrogen and oxygen atoms in total. The summed E-state index contributed by atoms with van der Waals surface area (Å²) in [5.74, 6) is -0.663. The van der Waals surface area contributed by atoms with E-state index in [1.807, 2.05) is 0 Å². The van der Waals surface area contributed by atoms with Crippen LogP contribution in [0.1, 0.15) is 72.1 Å². The number of aliphatic hydroxyl groups is 1. The van der Waals surface area contributed by atoms with Crippen LogP contribution in [0.3, 0.4) is 0 Å². The highest BCUT2D eigenvalue weighted by atomic mass is 16.4. The van der Waals surface area contributed by atoms with Crippen molar-refractivity contribution in [3.8, 4) is 0 Å². The van der Waals surface area contributed by atoms with Crippen LogP contribution >= 0.6 is 0 Å². The zero-order chi connectivity index (χ0) is 14.4. The Balaban J connectivity index is 0. The Kier molecular flexibility index (Phi) is 14.1. The summed E-state index contributed by atoms with van der Waals surface area (Å²) >= 11 is 0. The van der Waals surface area contributed by atoms with Crippen molar-refractivity contribution in [3.63, 3.8) is 0 Å². The summed E-state index contributed by atoms with van der Waals surface area (Å²) in [6.45, 7) is 5.79. The van der Waals surface area contributed by atoms with Crippen molar-refractivity contribution >= 4 is 5.97 Å². The number of rotatable bonds is 9. The van der Waals surface area contributed by atoms with E-state index in [1.165, 1.54) is 32.1 Å². The molecule has 0 radical (unpaired) electrons.